The highest BCUT2D eigenvalue weighted by atomic mass is 32.1. The molecule has 1 aliphatic rings. The van der Waals surface area contributed by atoms with Crippen LogP contribution < -0.4 is 0 Å². The second-order valence-electron chi connectivity index (χ2n) is 5.58. The summed E-state index contributed by atoms with van der Waals surface area (Å²) < 4.78 is 5.79. The zero-order valence-electron chi connectivity index (χ0n) is 12.5. The number of carboxylic acids is 1. The number of ether oxygens (including phenoxy) is 1. The molecule has 1 aromatic carbocycles. The molecule has 0 bridgehead atoms. The SMILES string of the molecule is CC(CS)C(=O)N1CC(OCc2ccccc2)C[C@H]1C(=O)O. The van der Waals surface area contributed by atoms with Gasteiger partial charge in [0.15, 0.2) is 0 Å². The molecule has 1 amide bonds. The van der Waals surface area contributed by atoms with E-state index in [1.165, 1.54) is 4.90 Å². The normalized spacial score (nSPS) is 22.5. The van der Waals surface area contributed by atoms with Crippen molar-refractivity contribution in [2.45, 2.75) is 32.1 Å². The van der Waals surface area contributed by atoms with Crippen molar-refractivity contribution in [3.05, 3.63) is 35.9 Å². The van der Waals surface area contributed by atoms with Gasteiger partial charge in [-0.2, -0.15) is 12.6 Å². The van der Waals surface area contributed by atoms with Crippen molar-refractivity contribution in [3.8, 4) is 0 Å². The number of nitrogens with zero attached hydrogens (tertiary/aromatic N) is 1. The Morgan fingerprint density at radius 3 is 2.68 bits per heavy atom. The number of benzene rings is 1. The van der Waals surface area contributed by atoms with Gasteiger partial charge in [-0.3, -0.25) is 4.79 Å². The summed E-state index contributed by atoms with van der Waals surface area (Å²) in [5.74, 6) is -1.05. The number of carbonyl (C=O) groups is 2. The van der Waals surface area contributed by atoms with Crippen LogP contribution in [-0.4, -0.2) is 46.3 Å². The first-order chi connectivity index (χ1) is 10.5. The summed E-state index contributed by atoms with van der Waals surface area (Å²) in [6, 6.07) is 8.88. The fraction of sp³-hybridized carbons (Fsp3) is 0.500. The first-order valence-electron chi connectivity index (χ1n) is 7.32. The van der Waals surface area contributed by atoms with Crippen LogP contribution in [0.4, 0.5) is 0 Å². The van der Waals surface area contributed by atoms with Crippen molar-refractivity contribution in [2.75, 3.05) is 12.3 Å². The van der Waals surface area contributed by atoms with Crippen LogP contribution in [0, 0.1) is 5.92 Å². The number of carbonyl (C=O) groups excluding carboxylic acids is 1. The number of hydrogen-bond donors (Lipinski definition) is 2. The van der Waals surface area contributed by atoms with Crippen LogP contribution in [0.15, 0.2) is 30.3 Å². The van der Waals surface area contributed by atoms with E-state index in [1.54, 1.807) is 6.92 Å². The maximum Gasteiger partial charge on any atom is 0.326 e. The molecule has 0 spiro atoms. The molecule has 1 heterocycles. The molecular formula is C16H21NO4S. The summed E-state index contributed by atoms with van der Waals surface area (Å²) in [5, 5.41) is 9.32. The summed E-state index contributed by atoms with van der Waals surface area (Å²) in [7, 11) is 0. The molecule has 5 nitrogen and oxygen atoms in total. The van der Waals surface area contributed by atoms with Crippen molar-refractivity contribution in [1.82, 2.24) is 4.90 Å². The molecule has 22 heavy (non-hydrogen) atoms. The Balaban J connectivity index is 1.98. The van der Waals surface area contributed by atoms with E-state index in [2.05, 4.69) is 12.6 Å². The standard InChI is InChI=1S/C16H21NO4S/c1-11(10-22)15(18)17-8-13(7-14(17)16(19)20)21-9-12-5-3-2-4-6-12/h2-6,11,13-14,22H,7-10H2,1H3,(H,19,20)/t11?,13?,14-/m0/s1. The predicted octanol–water partition coefficient (Wildman–Crippen LogP) is 1.82. The van der Waals surface area contributed by atoms with Crippen LogP contribution in [0.25, 0.3) is 0 Å². The van der Waals surface area contributed by atoms with E-state index in [1.807, 2.05) is 30.3 Å². The van der Waals surface area contributed by atoms with Gasteiger partial charge in [-0.05, 0) is 5.56 Å². The highest BCUT2D eigenvalue weighted by Crippen LogP contribution is 2.24. The molecule has 0 aliphatic carbocycles. The van der Waals surface area contributed by atoms with Crippen molar-refractivity contribution in [1.29, 1.82) is 0 Å². The number of carboxylic acid groups (broad SMARTS) is 1. The average molecular weight is 323 g/mol. The maximum atomic E-state index is 12.3. The van der Waals surface area contributed by atoms with Gasteiger partial charge < -0.3 is 14.7 Å². The zero-order valence-corrected chi connectivity index (χ0v) is 13.4. The predicted molar refractivity (Wildman–Crippen MR) is 85.8 cm³/mol. The van der Waals surface area contributed by atoms with Gasteiger partial charge in [0.2, 0.25) is 5.91 Å². The van der Waals surface area contributed by atoms with E-state index in [0.717, 1.165) is 5.56 Å². The summed E-state index contributed by atoms with van der Waals surface area (Å²) in [4.78, 5) is 25.1. The molecule has 120 valence electrons. The van der Waals surface area contributed by atoms with Gasteiger partial charge >= 0.3 is 5.97 Å². The molecule has 3 atom stereocenters. The van der Waals surface area contributed by atoms with Gasteiger partial charge in [0.05, 0.1) is 12.7 Å². The topological polar surface area (TPSA) is 66.8 Å². The first-order valence-corrected chi connectivity index (χ1v) is 7.95. The van der Waals surface area contributed by atoms with Gasteiger partial charge in [-0.1, -0.05) is 37.3 Å². The lowest BCUT2D eigenvalue weighted by Crippen LogP contribution is -2.43. The Morgan fingerprint density at radius 1 is 1.41 bits per heavy atom. The largest absolute Gasteiger partial charge is 0.480 e. The number of amides is 1. The third kappa shape index (κ3) is 4.01. The summed E-state index contributed by atoms with van der Waals surface area (Å²) >= 11 is 4.11. The summed E-state index contributed by atoms with van der Waals surface area (Å²) in [6.07, 6.45) is 0.0742. The van der Waals surface area contributed by atoms with Gasteiger partial charge in [0, 0.05) is 24.6 Å². The maximum absolute atomic E-state index is 12.3. The third-order valence-corrected chi connectivity index (χ3v) is 4.40. The Labute approximate surface area is 135 Å². The molecule has 1 fully saturated rings. The molecule has 0 saturated carbocycles. The van der Waals surface area contributed by atoms with Crippen LogP contribution in [0.3, 0.4) is 0 Å². The highest BCUT2D eigenvalue weighted by molar-refractivity contribution is 7.80. The fourth-order valence-electron chi connectivity index (χ4n) is 2.55. The highest BCUT2D eigenvalue weighted by Gasteiger charge is 2.41. The third-order valence-electron chi connectivity index (χ3n) is 3.85. The molecule has 1 aliphatic heterocycles. The van der Waals surface area contributed by atoms with Crippen LogP contribution in [0.5, 0.6) is 0 Å². The van der Waals surface area contributed by atoms with E-state index < -0.39 is 12.0 Å². The minimum atomic E-state index is -0.981. The number of likely N-dealkylation sites (tertiary alicyclic amines) is 1. The van der Waals surface area contributed by atoms with Gasteiger partial charge in [0.25, 0.3) is 0 Å². The lowest BCUT2D eigenvalue weighted by atomic mass is 10.1. The fourth-order valence-corrected chi connectivity index (χ4v) is 2.70. The Kier molecular flexibility index (Phi) is 5.85. The molecule has 0 aromatic heterocycles. The van der Waals surface area contributed by atoms with Gasteiger partial charge in [-0.25, -0.2) is 4.79 Å². The Hall–Kier alpha value is -1.53. The molecule has 1 N–H and O–H groups in total. The first kappa shape index (κ1) is 16.8. The van der Waals surface area contributed by atoms with Gasteiger partial charge in [0.1, 0.15) is 6.04 Å². The smallest absolute Gasteiger partial charge is 0.326 e. The van der Waals surface area contributed by atoms with Crippen molar-refractivity contribution >= 4 is 24.5 Å². The Morgan fingerprint density at radius 2 is 2.09 bits per heavy atom. The quantitative estimate of drug-likeness (QED) is 0.784. The number of rotatable bonds is 6. The molecule has 6 heteroatoms. The number of hydrogen-bond acceptors (Lipinski definition) is 4. The van der Waals surface area contributed by atoms with E-state index in [4.69, 9.17) is 4.74 Å². The van der Waals surface area contributed by atoms with Crippen LogP contribution in [0.1, 0.15) is 18.9 Å². The zero-order chi connectivity index (χ0) is 16.1. The number of thiol groups is 1. The Bertz CT molecular complexity index is 522. The molecule has 2 rings (SSSR count). The minimum absolute atomic E-state index is 0.173. The van der Waals surface area contributed by atoms with E-state index in [-0.39, 0.29) is 17.9 Å². The second-order valence-corrected chi connectivity index (χ2v) is 5.95. The lowest BCUT2D eigenvalue weighted by Gasteiger charge is -2.24. The van der Waals surface area contributed by atoms with Crippen LogP contribution in [-0.2, 0) is 20.9 Å². The number of aliphatic carboxylic acids is 1. The van der Waals surface area contributed by atoms with E-state index in [0.29, 0.717) is 25.3 Å². The summed E-state index contributed by atoms with van der Waals surface area (Å²) in [5.41, 5.74) is 1.03. The molecule has 1 aromatic rings. The second kappa shape index (κ2) is 7.65. The molecule has 0 radical (unpaired) electrons. The van der Waals surface area contributed by atoms with Crippen LogP contribution >= 0.6 is 12.6 Å². The van der Waals surface area contributed by atoms with Crippen molar-refractivity contribution < 1.29 is 19.4 Å². The van der Waals surface area contributed by atoms with Gasteiger partial charge in [-0.15, -0.1) is 0 Å². The molecular weight excluding hydrogens is 302 g/mol. The molecule has 1 saturated heterocycles. The van der Waals surface area contributed by atoms with Crippen molar-refractivity contribution in [2.24, 2.45) is 5.92 Å². The van der Waals surface area contributed by atoms with Crippen LogP contribution in [0.2, 0.25) is 0 Å². The molecule has 2 unspecified atom stereocenters. The monoisotopic (exact) mass is 323 g/mol. The van der Waals surface area contributed by atoms with E-state index in [9.17, 15) is 14.7 Å². The minimum Gasteiger partial charge on any atom is -0.480 e. The average Bonchev–Trinajstić information content (AvgIpc) is 2.97. The van der Waals surface area contributed by atoms with E-state index >= 15 is 0 Å². The lowest BCUT2D eigenvalue weighted by molar-refractivity contribution is -0.149. The summed E-state index contributed by atoms with van der Waals surface area (Å²) in [6.45, 7) is 2.50. The van der Waals surface area contributed by atoms with Crippen molar-refractivity contribution in [3.63, 3.8) is 0 Å².